The third-order valence-corrected chi connectivity index (χ3v) is 3.61. The minimum Gasteiger partial charge on any atom is -0.337 e. The van der Waals surface area contributed by atoms with Crippen molar-refractivity contribution in [1.82, 2.24) is 15.5 Å². The Morgan fingerprint density at radius 1 is 1.32 bits per heavy atom. The van der Waals surface area contributed by atoms with E-state index in [2.05, 4.69) is 46.7 Å². The first-order valence-electron chi connectivity index (χ1n) is 7.02. The fourth-order valence-electron chi connectivity index (χ4n) is 2.27. The summed E-state index contributed by atoms with van der Waals surface area (Å²) >= 11 is 0. The van der Waals surface area contributed by atoms with Crippen LogP contribution in [0.25, 0.3) is 0 Å². The highest BCUT2D eigenvalue weighted by molar-refractivity contribution is 5.74. The van der Waals surface area contributed by atoms with Gasteiger partial charge in [-0.25, -0.2) is 4.79 Å². The van der Waals surface area contributed by atoms with Crippen LogP contribution in [-0.2, 0) is 13.1 Å². The van der Waals surface area contributed by atoms with Crippen molar-refractivity contribution >= 4 is 6.03 Å². The number of urea groups is 1. The van der Waals surface area contributed by atoms with Gasteiger partial charge < -0.3 is 10.6 Å². The highest BCUT2D eigenvalue weighted by Gasteiger charge is 2.17. The summed E-state index contributed by atoms with van der Waals surface area (Å²) in [5, 5.41) is 5.81. The molecule has 0 spiro atoms. The Labute approximate surface area is 115 Å². The van der Waals surface area contributed by atoms with E-state index < -0.39 is 0 Å². The Morgan fingerprint density at radius 3 is 2.53 bits per heavy atom. The molecule has 2 rings (SSSR count). The molecular formula is C15H23N3O. The number of benzene rings is 1. The fraction of sp³-hybridized carbons (Fsp3) is 0.533. The molecular weight excluding hydrogens is 238 g/mol. The standard InChI is InChI=1S/C15H23N3O/c1-3-12(2)17-15(19)16-8-9-18-10-13-6-4-5-7-14(13)11-18/h4-7,12H,3,8-11H2,1-2H3,(H2,16,17,19). The largest absolute Gasteiger partial charge is 0.337 e. The molecule has 1 aromatic rings. The Hall–Kier alpha value is -1.55. The summed E-state index contributed by atoms with van der Waals surface area (Å²) in [6.07, 6.45) is 0.953. The van der Waals surface area contributed by atoms with Crippen molar-refractivity contribution in [2.24, 2.45) is 0 Å². The van der Waals surface area contributed by atoms with E-state index in [9.17, 15) is 4.79 Å². The summed E-state index contributed by atoms with van der Waals surface area (Å²) in [5.41, 5.74) is 2.82. The quantitative estimate of drug-likeness (QED) is 0.852. The van der Waals surface area contributed by atoms with Gasteiger partial charge >= 0.3 is 6.03 Å². The maximum Gasteiger partial charge on any atom is 0.315 e. The van der Waals surface area contributed by atoms with Crippen LogP contribution in [-0.4, -0.2) is 30.1 Å². The number of amides is 2. The molecule has 1 aliphatic rings. The first-order chi connectivity index (χ1) is 9.19. The molecule has 19 heavy (non-hydrogen) atoms. The van der Waals surface area contributed by atoms with Crippen LogP contribution in [0.15, 0.2) is 24.3 Å². The predicted octanol–water partition coefficient (Wildman–Crippen LogP) is 2.10. The minimum atomic E-state index is -0.0638. The van der Waals surface area contributed by atoms with Crippen LogP contribution in [0.3, 0.4) is 0 Å². The zero-order valence-electron chi connectivity index (χ0n) is 11.8. The van der Waals surface area contributed by atoms with Gasteiger partial charge in [0.15, 0.2) is 0 Å². The molecule has 0 aromatic heterocycles. The smallest absolute Gasteiger partial charge is 0.315 e. The second-order valence-corrected chi connectivity index (χ2v) is 5.19. The van der Waals surface area contributed by atoms with Gasteiger partial charge in [0.1, 0.15) is 0 Å². The molecule has 1 heterocycles. The van der Waals surface area contributed by atoms with Crippen LogP contribution in [0.4, 0.5) is 4.79 Å². The van der Waals surface area contributed by atoms with Crippen LogP contribution in [0, 0.1) is 0 Å². The highest BCUT2D eigenvalue weighted by atomic mass is 16.2. The molecule has 4 heteroatoms. The third kappa shape index (κ3) is 3.96. The van der Waals surface area contributed by atoms with Gasteiger partial charge in [0.25, 0.3) is 0 Å². The van der Waals surface area contributed by atoms with Gasteiger partial charge in [0.05, 0.1) is 0 Å². The molecule has 2 N–H and O–H groups in total. The molecule has 1 aliphatic heterocycles. The van der Waals surface area contributed by atoms with E-state index in [1.807, 2.05) is 6.92 Å². The summed E-state index contributed by atoms with van der Waals surface area (Å²) in [6.45, 7) is 7.64. The number of carbonyl (C=O) groups excluding carboxylic acids is 1. The summed E-state index contributed by atoms with van der Waals surface area (Å²) in [5.74, 6) is 0. The molecule has 0 bridgehead atoms. The fourth-order valence-corrected chi connectivity index (χ4v) is 2.27. The monoisotopic (exact) mass is 261 g/mol. The zero-order chi connectivity index (χ0) is 13.7. The first-order valence-corrected chi connectivity index (χ1v) is 7.02. The third-order valence-electron chi connectivity index (χ3n) is 3.61. The highest BCUT2D eigenvalue weighted by Crippen LogP contribution is 2.21. The van der Waals surface area contributed by atoms with E-state index in [-0.39, 0.29) is 12.1 Å². The topological polar surface area (TPSA) is 44.4 Å². The zero-order valence-corrected chi connectivity index (χ0v) is 11.8. The molecule has 0 saturated carbocycles. The molecule has 0 radical (unpaired) electrons. The van der Waals surface area contributed by atoms with Gasteiger partial charge in [-0.1, -0.05) is 31.2 Å². The van der Waals surface area contributed by atoms with E-state index in [0.29, 0.717) is 6.54 Å². The number of fused-ring (bicyclic) bond motifs is 1. The lowest BCUT2D eigenvalue weighted by Gasteiger charge is -2.16. The SMILES string of the molecule is CCC(C)NC(=O)NCCN1Cc2ccccc2C1. The molecule has 104 valence electrons. The van der Waals surface area contributed by atoms with Gasteiger partial charge in [0.2, 0.25) is 0 Å². The second-order valence-electron chi connectivity index (χ2n) is 5.19. The lowest BCUT2D eigenvalue weighted by atomic mass is 10.1. The number of hydrogen-bond acceptors (Lipinski definition) is 2. The molecule has 1 atom stereocenters. The maximum absolute atomic E-state index is 11.6. The van der Waals surface area contributed by atoms with Crippen LogP contribution in [0.1, 0.15) is 31.4 Å². The average molecular weight is 261 g/mol. The summed E-state index contributed by atoms with van der Waals surface area (Å²) in [7, 11) is 0. The van der Waals surface area contributed by atoms with Crippen molar-refractivity contribution in [3.8, 4) is 0 Å². The normalized spacial score (nSPS) is 15.9. The Kier molecular flexibility index (Phi) is 4.80. The number of hydrogen-bond donors (Lipinski definition) is 2. The van der Waals surface area contributed by atoms with E-state index >= 15 is 0 Å². The van der Waals surface area contributed by atoms with Gasteiger partial charge in [-0.3, -0.25) is 4.90 Å². The molecule has 1 unspecified atom stereocenters. The van der Waals surface area contributed by atoms with Crippen LogP contribution in [0.5, 0.6) is 0 Å². The summed E-state index contributed by atoms with van der Waals surface area (Å²) < 4.78 is 0. The molecule has 4 nitrogen and oxygen atoms in total. The number of carbonyl (C=O) groups is 1. The van der Waals surface area contributed by atoms with E-state index in [0.717, 1.165) is 26.1 Å². The van der Waals surface area contributed by atoms with Crippen molar-refractivity contribution in [3.05, 3.63) is 35.4 Å². The lowest BCUT2D eigenvalue weighted by Crippen LogP contribution is -2.42. The Balaban J connectivity index is 1.67. The molecule has 0 aliphatic carbocycles. The van der Waals surface area contributed by atoms with Crippen molar-refractivity contribution in [2.75, 3.05) is 13.1 Å². The number of nitrogens with zero attached hydrogens (tertiary/aromatic N) is 1. The maximum atomic E-state index is 11.6. The molecule has 0 fully saturated rings. The molecule has 1 aromatic carbocycles. The van der Waals surface area contributed by atoms with Gasteiger partial charge in [-0.15, -0.1) is 0 Å². The van der Waals surface area contributed by atoms with E-state index in [1.165, 1.54) is 11.1 Å². The van der Waals surface area contributed by atoms with Gasteiger partial charge in [-0.05, 0) is 24.5 Å². The van der Waals surface area contributed by atoms with Crippen LogP contribution < -0.4 is 10.6 Å². The minimum absolute atomic E-state index is 0.0638. The number of nitrogens with one attached hydrogen (secondary N) is 2. The van der Waals surface area contributed by atoms with Crippen molar-refractivity contribution < 1.29 is 4.79 Å². The van der Waals surface area contributed by atoms with Crippen LogP contribution in [0.2, 0.25) is 0 Å². The predicted molar refractivity (Wildman–Crippen MR) is 76.8 cm³/mol. The molecule has 2 amide bonds. The number of rotatable bonds is 5. The Morgan fingerprint density at radius 2 is 1.95 bits per heavy atom. The lowest BCUT2D eigenvalue weighted by molar-refractivity contribution is 0.232. The summed E-state index contributed by atoms with van der Waals surface area (Å²) in [6, 6.07) is 8.69. The van der Waals surface area contributed by atoms with E-state index in [1.54, 1.807) is 0 Å². The first kappa shape index (κ1) is 13.9. The Bertz CT molecular complexity index is 408. The van der Waals surface area contributed by atoms with Crippen LogP contribution >= 0.6 is 0 Å². The van der Waals surface area contributed by atoms with Crippen molar-refractivity contribution in [1.29, 1.82) is 0 Å². The molecule has 0 saturated heterocycles. The average Bonchev–Trinajstić information content (AvgIpc) is 2.81. The van der Waals surface area contributed by atoms with Gasteiger partial charge in [-0.2, -0.15) is 0 Å². The van der Waals surface area contributed by atoms with Crippen molar-refractivity contribution in [2.45, 2.75) is 39.4 Å². The van der Waals surface area contributed by atoms with Crippen molar-refractivity contribution in [3.63, 3.8) is 0 Å². The second kappa shape index (κ2) is 6.57. The van der Waals surface area contributed by atoms with Gasteiger partial charge in [0, 0.05) is 32.2 Å². The summed E-state index contributed by atoms with van der Waals surface area (Å²) in [4.78, 5) is 13.9. The van der Waals surface area contributed by atoms with E-state index in [4.69, 9.17) is 0 Å².